The molecule has 0 saturated carbocycles. The van der Waals surface area contributed by atoms with Crippen molar-refractivity contribution in [3.8, 4) is 0 Å². The molecule has 1 aromatic carbocycles. The Labute approximate surface area is 131 Å². The predicted molar refractivity (Wildman–Crippen MR) is 85.4 cm³/mol. The molecule has 0 amide bonds. The van der Waals surface area contributed by atoms with E-state index < -0.39 is 0 Å². The zero-order valence-corrected chi connectivity index (χ0v) is 13.9. The number of hydrazine groups is 1. The van der Waals surface area contributed by atoms with E-state index in [2.05, 4.69) is 50.0 Å². The SMILES string of the molecule is NNC(c1ccc(Cl)s1)c1cc(I)ccc1Br. The first-order chi connectivity index (χ1) is 8.11. The summed E-state index contributed by atoms with van der Waals surface area (Å²) in [6.07, 6.45) is 0. The lowest BCUT2D eigenvalue weighted by atomic mass is 10.1. The molecule has 90 valence electrons. The Morgan fingerprint density at radius 3 is 2.71 bits per heavy atom. The van der Waals surface area contributed by atoms with Crippen LogP contribution in [-0.2, 0) is 0 Å². The van der Waals surface area contributed by atoms with E-state index in [-0.39, 0.29) is 6.04 Å². The topological polar surface area (TPSA) is 38.0 Å². The number of rotatable bonds is 3. The van der Waals surface area contributed by atoms with E-state index in [1.807, 2.05) is 24.3 Å². The second-order valence-electron chi connectivity index (χ2n) is 3.41. The molecule has 0 aliphatic carbocycles. The highest BCUT2D eigenvalue weighted by Crippen LogP contribution is 2.34. The number of hydrogen-bond donors (Lipinski definition) is 2. The van der Waals surface area contributed by atoms with E-state index in [9.17, 15) is 0 Å². The molecule has 17 heavy (non-hydrogen) atoms. The number of thiophene rings is 1. The molecule has 0 fully saturated rings. The third-order valence-electron chi connectivity index (χ3n) is 2.31. The molecule has 0 bridgehead atoms. The molecule has 1 heterocycles. The van der Waals surface area contributed by atoms with Crippen LogP contribution in [0.3, 0.4) is 0 Å². The van der Waals surface area contributed by atoms with Gasteiger partial charge in [-0.15, -0.1) is 11.3 Å². The summed E-state index contributed by atoms with van der Waals surface area (Å²) in [7, 11) is 0. The average Bonchev–Trinajstić information content (AvgIpc) is 2.71. The summed E-state index contributed by atoms with van der Waals surface area (Å²) in [6.45, 7) is 0. The fourth-order valence-corrected chi connectivity index (χ4v) is 3.68. The molecule has 2 aromatic rings. The lowest BCUT2D eigenvalue weighted by Gasteiger charge is -2.16. The molecular formula is C11H9BrClIN2S. The highest BCUT2D eigenvalue weighted by atomic mass is 127. The highest BCUT2D eigenvalue weighted by Gasteiger charge is 2.17. The molecule has 0 aliphatic rings. The molecule has 3 N–H and O–H groups in total. The first-order valence-corrected chi connectivity index (χ1v) is 7.84. The lowest BCUT2D eigenvalue weighted by molar-refractivity contribution is 0.644. The number of hydrogen-bond acceptors (Lipinski definition) is 3. The van der Waals surface area contributed by atoms with Crippen LogP contribution in [0.15, 0.2) is 34.8 Å². The summed E-state index contributed by atoms with van der Waals surface area (Å²) in [6, 6.07) is 10.00. The van der Waals surface area contributed by atoms with Gasteiger partial charge in [0.25, 0.3) is 0 Å². The van der Waals surface area contributed by atoms with Gasteiger partial charge in [-0.1, -0.05) is 27.5 Å². The normalized spacial score (nSPS) is 12.7. The van der Waals surface area contributed by atoms with Crippen molar-refractivity contribution in [2.24, 2.45) is 5.84 Å². The van der Waals surface area contributed by atoms with Crippen LogP contribution in [0.4, 0.5) is 0 Å². The first kappa shape index (κ1) is 13.8. The number of nitrogens with two attached hydrogens (primary N) is 1. The Hall–Kier alpha value is 0.340. The Morgan fingerprint density at radius 2 is 2.12 bits per heavy atom. The van der Waals surface area contributed by atoms with Crippen LogP contribution >= 0.6 is 61.5 Å². The summed E-state index contributed by atoms with van der Waals surface area (Å²) in [5, 5.41) is 0. The molecule has 6 heteroatoms. The van der Waals surface area contributed by atoms with E-state index in [4.69, 9.17) is 17.4 Å². The van der Waals surface area contributed by atoms with E-state index in [1.165, 1.54) is 14.9 Å². The van der Waals surface area contributed by atoms with Gasteiger partial charge in [-0.2, -0.15) is 0 Å². The maximum atomic E-state index is 5.96. The van der Waals surface area contributed by atoms with Gasteiger partial charge in [-0.25, -0.2) is 5.43 Å². The second-order valence-corrected chi connectivity index (χ2v) is 7.25. The van der Waals surface area contributed by atoms with Gasteiger partial charge in [0.2, 0.25) is 0 Å². The van der Waals surface area contributed by atoms with Crippen molar-refractivity contribution in [2.75, 3.05) is 0 Å². The minimum absolute atomic E-state index is 0.0448. The Bertz CT molecular complexity index is 532. The van der Waals surface area contributed by atoms with Gasteiger partial charge in [0.15, 0.2) is 0 Å². The first-order valence-electron chi connectivity index (χ1n) is 4.78. The van der Waals surface area contributed by atoms with Gasteiger partial charge in [0.1, 0.15) is 0 Å². The minimum Gasteiger partial charge on any atom is -0.271 e. The molecule has 1 atom stereocenters. The Morgan fingerprint density at radius 1 is 1.35 bits per heavy atom. The Kier molecular flexibility index (Phi) is 4.85. The maximum Gasteiger partial charge on any atom is 0.0931 e. The largest absolute Gasteiger partial charge is 0.271 e. The fourth-order valence-electron chi connectivity index (χ4n) is 1.54. The van der Waals surface area contributed by atoms with Crippen LogP contribution in [-0.4, -0.2) is 0 Å². The van der Waals surface area contributed by atoms with Crippen LogP contribution in [0.5, 0.6) is 0 Å². The second kappa shape index (κ2) is 5.99. The van der Waals surface area contributed by atoms with Crippen LogP contribution < -0.4 is 11.3 Å². The average molecular weight is 444 g/mol. The fraction of sp³-hybridized carbons (Fsp3) is 0.0909. The zero-order valence-electron chi connectivity index (χ0n) is 8.58. The molecule has 2 rings (SSSR count). The zero-order chi connectivity index (χ0) is 12.4. The number of halogens is 3. The molecule has 0 saturated heterocycles. The maximum absolute atomic E-state index is 5.96. The number of benzene rings is 1. The van der Waals surface area contributed by atoms with Crippen LogP contribution in [0.2, 0.25) is 4.34 Å². The van der Waals surface area contributed by atoms with E-state index >= 15 is 0 Å². The Balaban J connectivity index is 2.45. The van der Waals surface area contributed by atoms with Crippen molar-refractivity contribution in [3.63, 3.8) is 0 Å². The molecule has 0 spiro atoms. The van der Waals surface area contributed by atoms with Crippen molar-refractivity contribution < 1.29 is 0 Å². The van der Waals surface area contributed by atoms with Gasteiger partial charge in [-0.3, -0.25) is 5.84 Å². The van der Waals surface area contributed by atoms with E-state index in [0.29, 0.717) is 0 Å². The van der Waals surface area contributed by atoms with Crippen LogP contribution in [0, 0.1) is 3.57 Å². The molecule has 1 unspecified atom stereocenters. The summed E-state index contributed by atoms with van der Waals surface area (Å²) < 4.78 is 2.97. The number of nitrogens with one attached hydrogen (secondary N) is 1. The van der Waals surface area contributed by atoms with Crippen molar-refractivity contribution >= 4 is 61.5 Å². The molecule has 2 nitrogen and oxygen atoms in total. The third-order valence-corrected chi connectivity index (χ3v) is 5.00. The summed E-state index contributed by atoms with van der Waals surface area (Å²) >= 11 is 13.3. The van der Waals surface area contributed by atoms with Crippen LogP contribution in [0.25, 0.3) is 0 Å². The van der Waals surface area contributed by atoms with Gasteiger partial charge in [0.05, 0.1) is 10.4 Å². The molecule has 1 aromatic heterocycles. The van der Waals surface area contributed by atoms with Crippen molar-refractivity contribution in [2.45, 2.75) is 6.04 Å². The third kappa shape index (κ3) is 3.21. The van der Waals surface area contributed by atoms with Gasteiger partial charge >= 0.3 is 0 Å². The van der Waals surface area contributed by atoms with Crippen molar-refractivity contribution in [3.05, 3.63) is 53.2 Å². The standard InChI is InChI=1S/C11H9BrClIN2S/c12-8-2-1-6(14)5-7(8)11(16-15)9-3-4-10(13)17-9/h1-5,11,16H,15H2. The highest BCUT2D eigenvalue weighted by molar-refractivity contribution is 14.1. The van der Waals surface area contributed by atoms with Crippen LogP contribution in [0.1, 0.15) is 16.5 Å². The van der Waals surface area contributed by atoms with Gasteiger partial charge < -0.3 is 0 Å². The van der Waals surface area contributed by atoms with Crippen molar-refractivity contribution in [1.82, 2.24) is 5.43 Å². The predicted octanol–water partition coefficient (Wildman–Crippen LogP) is 4.32. The van der Waals surface area contributed by atoms with Gasteiger partial charge in [0, 0.05) is 12.9 Å². The quantitative estimate of drug-likeness (QED) is 0.421. The molecule has 0 radical (unpaired) electrons. The molecular weight excluding hydrogens is 434 g/mol. The minimum atomic E-state index is -0.0448. The van der Waals surface area contributed by atoms with E-state index in [1.54, 1.807) is 0 Å². The lowest BCUT2D eigenvalue weighted by Crippen LogP contribution is -2.28. The van der Waals surface area contributed by atoms with E-state index in [0.717, 1.165) is 19.2 Å². The summed E-state index contributed by atoms with van der Waals surface area (Å²) in [5.41, 5.74) is 3.94. The summed E-state index contributed by atoms with van der Waals surface area (Å²) in [5.74, 6) is 5.66. The summed E-state index contributed by atoms with van der Waals surface area (Å²) in [4.78, 5) is 1.10. The van der Waals surface area contributed by atoms with Gasteiger partial charge in [-0.05, 0) is 58.5 Å². The van der Waals surface area contributed by atoms with Crippen molar-refractivity contribution in [1.29, 1.82) is 0 Å². The monoisotopic (exact) mass is 442 g/mol. The smallest absolute Gasteiger partial charge is 0.0931 e. The molecule has 0 aliphatic heterocycles.